The van der Waals surface area contributed by atoms with Gasteiger partial charge in [-0.25, -0.2) is 4.98 Å². The van der Waals surface area contributed by atoms with Gasteiger partial charge >= 0.3 is 0 Å². The molecule has 1 aromatic rings. The van der Waals surface area contributed by atoms with Gasteiger partial charge in [-0.1, -0.05) is 0 Å². The molecular weight excluding hydrogens is 230 g/mol. The van der Waals surface area contributed by atoms with Crippen molar-refractivity contribution in [1.82, 2.24) is 9.55 Å². The van der Waals surface area contributed by atoms with Crippen molar-refractivity contribution in [2.75, 3.05) is 38.8 Å². The molecule has 0 saturated carbocycles. The van der Waals surface area contributed by atoms with Crippen LogP contribution in [0.4, 0.5) is 5.95 Å². The van der Waals surface area contributed by atoms with E-state index in [-0.39, 0.29) is 0 Å². The van der Waals surface area contributed by atoms with Crippen LogP contribution in [0, 0.1) is 0 Å². The Bertz CT molecular complexity index is 302. The highest BCUT2D eigenvalue weighted by atomic mass is 16.5. The Morgan fingerprint density at radius 1 is 1.28 bits per heavy atom. The number of anilines is 1. The van der Waals surface area contributed by atoms with Crippen molar-refractivity contribution in [3.63, 3.8) is 0 Å². The molecule has 0 aromatic carbocycles. The quantitative estimate of drug-likeness (QED) is 0.615. The van der Waals surface area contributed by atoms with Gasteiger partial charge in [-0.15, -0.1) is 0 Å². The van der Waals surface area contributed by atoms with Gasteiger partial charge in [0.05, 0.1) is 0 Å². The fourth-order valence-electron chi connectivity index (χ4n) is 1.71. The fourth-order valence-corrected chi connectivity index (χ4v) is 1.71. The summed E-state index contributed by atoms with van der Waals surface area (Å²) in [5.41, 5.74) is 0. The molecule has 0 fully saturated rings. The van der Waals surface area contributed by atoms with Crippen molar-refractivity contribution in [1.29, 1.82) is 0 Å². The van der Waals surface area contributed by atoms with E-state index in [0.717, 1.165) is 58.1 Å². The van der Waals surface area contributed by atoms with Crippen LogP contribution < -0.4 is 5.32 Å². The highest BCUT2D eigenvalue weighted by Gasteiger charge is 2.01. The van der Waals surface area contributed by atoms with Gasteiger partial charge in [-0.05, 0) is 26.2 Å². The van der Waals surface area contributed by atoms with Crippen LogP contribution in [-0.2, 0) is 16.0 Å². The second-order valence-corrected chi connectivity index (χ2v) is 4.12. The summed E-state index contributed by atoms with van der Waals surface area (Å²) in [7, 11) is 1.73. The number of hydrogen-bond acceptors (Lipinski definition) is 4. The Morgan fingerprint density at radius 2 is 2.17 bits per heavy atom. The molecular formula is C13H25N3O2. The minimum absolute atomic E-state index is 0.786. The zero-order valence-corrected chi connectivity index (χ0v) is 11.5. The number of methoxy groups -OCH3 is 1. The topological polar surface area (TPSA) is 48.3 Å². The molecule has 0 unspecified atom stereocenters. The monoisotopic (exact) mass is 255 g/mol. The molecule has 1 rings (SSSR count). The van der Waals surface area contributed by atoms with Gasteiger partial charge in [0.25, 0.3) is 0 Å². The van der Waals surface area contributed by atoms with Gasteiger partial charge in [0.15, 0.2) is 0 Å². The Morgan fingerprint density at radius 3 is 2.94 bits per heavy atom. The summed E-state index contributed by atoms with van der Waals surface area (Å²) in [4.78, 5) is 4.31. The first-order valence-electron chi connectivity index (χ1n) is 6.70. The molecule has 5 nitrogen and oxygen atoms in total. The predicted octanol–water partition coefficient (Wildman–Crippen LogP) is 2.15. The Hall–Kier alpha value is -1.07. The molecule has 104 valence electrons. The maximum absolute atomic E-state index is 5.33. The summed E-state index contributed by atoms with van der Waals surface area (Å²) in [5.74, 6) is 0.948. The Balaban J connectivity index is 2.18. The summed E-state index contributed by atoms with van der Waals surface area (Å²) in [6, 6.07) is 0. The highest BCUT2D eigenvalue weighted by molar-refractivity contribution is 5.25. The number of rotatable bonds is 11. The van der Waals surface area contributed by atoms with Gasteiger partial charge in [-0.3, -0.25) is 0 Å². The van der Waals surface area contributed by atoms with Crippen LogP contribution in [0.1, 0.15) is 26.2 Å². The lowest BCUT2D eigenvalue weighted by molar-refractivity contribution is 0.142. The van der Waals surface area contributed by atoms with E-state index in [0.29, 0.717) is 0 Å². The Kier molecular flexibility index (Phi) is 8.25. The third-order valence-corrected chi connectivity index (χ3v) is 2.67. The molecule has 0 aliphatic rings. The van der Waals surface area contributed by atoms with E-state index in [9.17, 15) is 0 Å². The largest absolute Gasteiger partial charge is 0.385 e. The van der Waals surface area contributed by atoms with Gasteiger partial charge < -0.3 is 19.4 Å². The number of imidazole rings is 1. The molecule has 0 atom stereocenters. The van der Waals surface area contributed by atoms with E-state index >= 15 is 0 Å². The zero-order valence-electron chi connectivity index (χ0n) is 11.5. The number of nitrogens with one attached hydrogen (secondary N) is 1. The molecule has 0 spiro atoms. The van der Waals surface area contributed by atoms with Gasteiger partial charge in [0.2, 0.25) is 5.95 Å². The standard InChI is InChI=1S/C13H25N3O2/c1-3-18-12-6-9-16-10-8-15-13(16)14-7-4-5-11-17-2/h8,10H,3-7,9,11-12H2,1-2H3,(H,14,15). The normalized spacial score (nSPS) is 10.8. The van der Waals surface area contributed by atoms with Crippen LogP contribution in [0.15, 0.2) is 12.4 Å². The molecule has 1 heterocycles. The lowest BCUT2D eigenvalue weighted by atomic mass is 10.3. The molecule has 18 heavy (non-hydrogen) atoms. The number of aryl methyl sites for hydroxylation is 1. The van der Waals surface area contributed by atoms with Gasteiger partial charge in [-0.2, -0.15) is 0 Å². The fraction of sp³-hybridized carbons (Fsp3) is 0.769. The molecule has 0 radical (unpaired) electrons. The van der Waals surface area contributed by atoms with Crippen LogP contribution in [0.3, 0.4) is 0 Å². The van der Waals surface area contributed by atoms with E-state index in [1.54, 1.807) is 7.11 Å². The molecule has 1 aromatic heterocycles. The molecule has 0 bridgehead atoms. The van der Waals surface area contributed by atoms with Gasteiger partial charge in [0.1, 0.15) is 0 Å². The minimum atomic E-state index is 0.786. The number of hydrogen-bond donors (Lipinski definition) is 1. The number of ether oxygens (including phenoxy) is 2. The minimum Gasteiger partial charge on any atom is -0.385 e. The summed E-state index contributed by atoms with van der Waals surface area (Å²) < 4.78 is 12.5. The first kappa shape index (κ1) is 15.0. The van der Waals surface area contributed by atoms with Crippen molar-refractivity contribution < 1.29 is 9.47 Å². The second kappa shape index (κ2) is 9.91. The van der Waals surface area contributed by atoms with Crippen LogP contribution >= 0.6 is 0 Å². The first-order chi connectivity index (χ1) is 8.88. The smallest absolute Gasteiger partial charge is 0.202 e. The van der Waals surface area contributed by atoms with E-state index in [1.165, 1.54) is 0 Å². The molecule has 0 amide bonds. The zero-order chi connectivity index (χ0) is 13.1. The van der Waals surface area contributed by atoms with Crippen LogP contribution in [-0.4, -0.2) is 43.0 Å². The van der Waals surface area contributed by atoms with E-state index in [4.69, 9.17) is 9.47 Å². The number of nitrogens with zero attached hydrogens (tertiary/aromatic N) is 2. The third-order valence-electron chi connectivity index (χ3n) is 2.67. The maximum atomic E-state index is 5.33. The van der Waals surface area contributed by atoms with E-state index in [1.807, 2.05) is 19.3 Å². The SMILES string of the molecule is CCOCCCn1ccnc1NCCCCOC. The summed E-state index contributed by atoms with van der Waals surface area (Å²) in [6.45, 7) is 6.32. The van der Waals surface area contributed by atoms with Crippen molar-refractivity contribution in [2.45, 2.75) is 32.7 Å². The molecule has 0 aliphatic carbocycles. The van der Waals surface area contributed by atoms with Crippen LogP contribution in [0.2, 0.25) is 0 Å². The van der Waals surface area contributed by atoms with Gasteiger partial charge in [0, 0.05) is 52.4 Å². The highest BCUT2D eigenvalue weighted by Crippen LogP contribution is 2.06. The van der Waals surface area contributed by atoms with Crippen molar-refractivity contribution in [3.8, 4) is 0 Å². The number of aromatic nitrogens is 2. The van der Waals surface area contributed by atoms with Crippen molar-refractivity contribution >= 4 is 5.95 Å². The molecule has 1 N–H and O–H groups in total. The van der Waals surface area contributed by atoms with Crippen LogP contribution in [0.5, 0.6) is 0 Å². The maximum Gasteiger partial charge on any atom is 0.202 e. The summed E-state index contributed by atoms with van der Waals surface area (Å²) in [6.07, 6.45) is 7.03. The third kappa shape index (κ3) is 6.02. The van der Waals surface area contributed by atoms with Crippen molar-refractivity contribution in [3.05, 3.63) is 12.4 Å². The molecule has 0 aliphatic heterocycles. The lowest BCUT2D eigenvalue weighted by Gasteiger charge is -2.09. The summed E-state index contributed by atoms with van der Waals surface area (Å²) >= 11 is 0. The average Bonchev–Trinajstić information content (AvgIpc) is 2.82. The average molecular weight is 255 g/mol. The molecule has 5 heteroatoms. The van der Waals surface area contributed by atoms with E-state index < -0.39 is 0 Å². The second-order valence-electron chi connectivity index (χ2n) is 4.12. The Labute approximate surface area is 109 Å². The van der Waals surface area contributed by atoms with Crippen LogP contribution in [0.25, 0.3) is 0 Å². The summed E-state index contributed by atoms with van der Waals surface area (Å²) in [5, 5.41) is 3.35. The number of unbranched alkanes of at least 4 members (excludes halogenated alkanes) is 1. The van der Waals surface area contributed by atoms with Crippen molar-refractivity contribution in [2.24, 2.45) is 0 Å². The first-order valence-corrected chi connectivity index (χ1v) is 6.70. The van der Waals surface area contributed by atoms with E-state index in [2.05, 4.69) is 14.9 Å². The lowest BCUT2D eigenvalue weighted by Crippen LogP contribution is -2.10. The predicted molar refractivity (Wildman–Crippen MR) is 72.9 cm³/mol. The molecule has 0 saturated heterocycles.